The summed E-state index contributed by atoms with van der Waals surface area (Å²) in [5.41, 5.74) is 2.07. The number of carbonyl (C=O) groups excluding carboxylic acids is 1. The van der Waals surface area contributed by atoms with Crippen molar-refractivity contribution in [1.82, 2.24) is 9.91 Å². The smallest absolute Gasteiger partial charge is 0.257 e. The van der Waals surface area contributed by atoms with E-state index in [1.54, 1.807) is 27.7 Å². The maximum absolute atomic E-state index is 13.3. The van der Waals surface area contributed by atoms with Gasteiger partial charge in [0.2, 0.25) is 0 Å². The number of nitrogens with zero attached hydrogens (tertiary/aromatic N) is 4. The van der Waals surface area contributed by atoms with Gasteiger partial charge in [-0.25, -0.2) is 5.01 Å². The fourth-order valence-electron chi connectivity index (χ4n) is 4.15. The first-order valence-electron chi connectivity index (χ1n) is 10.4. The molecule has 1 fully saturated rings. The van der Waals surface area contributed by atoms with E-state index in [1.165, 1.54) is 4.88 Å². The third-order valence-electron chi connectivity index (χ3n) is 5.77. The number of carbonyl (C=O) groups is 1. The van der Waals surface area contributed by atoms with Gasteiger partial charge in [-0.2, -0.15) is 5.10 Å². The number of hydrazone groups is 1. The molecule has 2 aliphatic rings. The minimum absolute atomic E-state index is 0.00554. The van der Waals surface area contributed by atoms with Crippen LogP contribution in [0.5, 0.6) is 0 Å². The van der Waals surface area contributed by atoms with Crippen molar-refractivity contribution >= 4 is 51.6 Å². The third-order valence-corrected chi connectivity index (χ3v) is 7.98. The van der Waals surface area contributed by atoms with Crippen molar-refractivity contribution in [2.45, 2.75) is 12.5 Å². The second-order valence-electron chi connectivity index (χ2n) is 7.71. The summed E-state index contributed by atoms with van der Waals surface area (Å²) in [6, 6.07) is 16.2. The zero-order chi connectivity index (χ0) is 21.2. The molecule has 5 rings (SSSR count). The zero-order valence-electron chi connectivity index (χ0n) is 17.0. The lowest BCUT2D eigenvalue weighted by Crippen LogP contribution is -2.49. The van der Waals surface area contributed by atoms with Crippen molar-refractivity contribution in [2.24, 2.45) is 5.10 Å². The summed E-state index contributed by atoms with van der Waals surface area (Å²) >= 11 is 9.72. The van der Waals surface area contributed by atoms with E-state index in [1.807, 2.05) is 30.3 Å². The Balaban J connectivity index is 1.26. The van der Waals surface area contributed by atoms with Crippen LogP contribution in [-0.4, -0.2) is 54.3 Å². The predicted molar refractivity (Wildman–Crippen MR) is 129 cm³/mol. The first-order chi connectivity index (χ1) is 15.2. The number of para-hydroxylation sites is 1. The van der Waals surface area contributed by atoms with Crippen molar-refractivity contribution in [1.29, 1.82) is 0 Å². The van der Waals surface area contributed by atoms with Crippen LogP contribution in [0.2, 0.25) is 5.02 Å². The molecular weight excluding hydrogens is 448 g/mol. The molecule has 0 saturated carbocycles. The molecule has 1 amide bonds. The molecule has 8 heteroatoms. The minimum atomic E-state index is -0.00554. The van der Waals surface area contributed by atoms with Crippen LogP contribution in [0.25, 0.3) is 0 Å². The largest absolute Gasteiger partial charge is 0.368 e. The SMILES string of the molecule is O=C(CN1CCN(c2ccccc2Cl)CC1)N1N=C(c2cccs2)CC1c1cccs1. The van der Waals surface area contributed by atoms with Gasteiger partial charge in [-0.15, -0.1) is 22.7 Å². The maximum Gasteiger partial charge on any atom is 0.257 e. The Morgan fingerprint density at radius 3 is 2.48 bits per heavy atom. The highest BCUT2D eigenvalue weighted by molar-refractivity contribution is 7.12. The number of halogens is 1. The van der Waals surface area contributed by atoms with Gasteiger partial charge < -0.3 is 4.90 Å². The van der Waals surface area contributed by atoms with Crippen LogP contribution in [0.4, 0.5) is 5.69 Å². The van der Waals surface area contributed by atoms with Crippen molar-refractivity contribution in [3.8, 4) is 0 Å². The quantitative estimate of drug-likeness (QED) is 0.529. The number of thiophene rings is 2. The Labute approximate surface area is 195 Å². The summed E-state index contributed by atoms with van der Waals surface area (Å²) in [5, 5.41) is 11.4. The first kappa shape index (κ1) is 20.7. The lowest BCUT2D eigenvalue weighted by atomic mass is 10.1. The Hall–Kier alpha value is -2.19. The Morgan fingerprint density at radius 1 is 1.00 bits per heavy atom. The summed E-state index contributed by atoms with van der Waals surface area (Å²) in [7, 11) is 0. The Morgan fingerprint density at radius 2 is 1.77 bits per heavy atom. The number of piperazine rings is 1. The number of hydrogen-bond acceptors (Lipinski definition) is 6. The number of benzene rings is 1. The molecule has 0 spiro atoms. The maximum atomic E-state index is 13.3. The second-order valence-corrected chi connectivity index (χ2v) is 10.0. The molecule has 31 heavy (non-hydrogen) atoms. The zero-order valence-corrected chi connectivity index (χ0v) is 19.4. The molecule has 0 aliphatic carbocycles. The average molecular weight is 471 g/mol. The van der Waals surface area contributed by atoms with Crippen LogP contribution in [0.1, 0.15) is 22.2 Å². The van der Waals surface area contributed by atoms with Gasteiger partial charge in [0, 0.05) is 37.5 Å². The van der Waals surface area contributed by atoms with Gasteiger partial charge >= 0.3 is 0 Å². The van der Waals surface area contributed by atoms with E-state index in [0.717, 1.165) is 53.9 Å². The van der Waals surface area contributed by atoms with E-state index < -0.39 is 0 Å². The Bertz CT molecular complexity index is 1060. The third kappa shape index (κ3) is 4.41. The van der Waals surface area contributed by atoms with Gasteiger partial charge in [0.25, 0.3) is 5.91 Å². The van der Waals surface area contributed by atoms with E-state index in [9.17, 15) is 4.79 Å². The number of hydrogen-bond donors (Lipinski definition) is 0. The predicted octanol–water partition coefficient (Wildman–Crippen LogP) is 4.96. The number of amides is 1. The molecule has 0 bridgehead atoms. The standard InChI is InChI=1S/C23H23ClN4OS2/c24-17-5-1-2-6-19(17)27-11-9-26(10-12-27)16-23(29)28-20(22-8-4-14-31-22)15-18(25-28)21-7-3-13-30-21/h1-8,13-14,20H,9-12,15-16H2. The lowest BCUT2D eigenvalue weighted by molar-refractivity contribution is -0.134. The van der Waals surface area contributed by atoms with E-state index in [-0.39, 0.29) is 11.9 Å². The highest BCUT2D eigenvalue weighted by Crippen LogP contribution is 2.36. The van der Waals surface area contributed by atoms with Crippen molar-refractivity contribution < 1.29 is 4.79 Å². The van der Waals surface area contributed by atoms with Crippen LogP contribution >= 0.6 is 34.3 Å². The van der Waals surface area contributed by atoms with Gasteiger partial charge in [-0.05, 0) is 35.0 Å². The van der Waals surface area contributed by atoms with Gasteiger partial charge in [-0.1, -0.05) is 35.9 Å². The van der Waals surface area contributed by atoms with Crippen molar-refractivity contribution in [2.75, 3.05) is 37.6 Å². The fraction of sp³-hybridized carbons (Fsp3) is 0.304. The molecule has 4 heterocycles. The number of anilines is 1. The van der Waals surface area contributed by atoms with E-state index in [4.69, 9.17) is 16.7 Å². The number of rotatable bonds is 5. The fourth-order valence-corrected chi connectivity index (χ4v) is 5.94. The van der Waals surface area contributed by atoms with Crippen LogP contribution in [0, 0.1) is 0 Å². The van der Waals surface area contributed by atoms with E-state index in [2.05, 4.69) is 38.8 Å². The van der Waals surface area contributed by atoms with Gasteiger partial charge in [0.1, 0.15) is 0 Å². The van der Waals surface area contributed by atoms with Gasteiger partial charge in [-0.3, -0.25) is 9.69 Å². The van der Waals surface area contributed by atoms with Gasteiger partial charge in [0.05, 0.1) is 33.9 Å². The monoisotopic (exact) mass is 470 g/mol. The van der Waals surface area contributed by atoms with Crippen LogP contribution in [0.15, 0.2) is 64.4 Å². The summed E-state index contributed by atoms with van der Waals surface area (Å²) in [4.78, 5) is 20.1. The summed E-state index contributed by atoms with van der Waals surface area (Å²) in [6.45, 7) is 3.76. The molecule has 1 saturated heterocycles. The first-order valence-corrected chi connectivity index (χ1v) is 12.5. The van der Waals surface area contributed by atoms with Crippen molar-refractivity contribution in [3.63, 3.8) is 0 Å². The Kier molecular flexibility index (Phi) is 6.09. The topological polar surface area (TPSA) is 39.2 Å². The molecule has 1 aromatic carbocycles. The minimum Gasteiger partial charge on any atom is -0.368 e. The average Bonchev–Trinajstić information content (AvgIpc) is 3.55. The highest BCUT2D eigenvalue weighted by Gasteiger charge is 2.35. The normalized spacial score (nSPS) is 19.6. The molecule has 160 valence electrons. The molecular formula is C23H23ClN4OS2. The van der Waals surface area contributed by atoms with Crippen LogP contribution in [-0.2, 0) is 4.79 Å². The lowest BCUT2D eigenvalue weighted by Gasteiger charge is -2.36. The molecule has 1 unspecified atom stereocenters. The summed E-state index contributed by atoms with van der Waals surface area (Å²) < 4.78 is 0. The van der Waals surface area contributed by atoms with Gasteiger partial charge in [0.15, 0.2) is 0 Å². The second kappa shape index (κ2) is 9.12. The molecule has 5 nitrogen and oxygen atoms in total. The molecule has 0 N–H and O–H groups in total. The summed E-state index contributed by atoms with van der Waals surface area (Å²) in [5.74, 6) is 0.0659. The van der Waals surface area contributed by atoms with Crippen LogP contribution < -0.4 is 4.90 Å². The molecule has 2 aromatic heterocycles. The van der Waals surface area contributed by atoms with E-state index >= 15 is 0 Å². The molecule has 1 atom stereocenters. The van der Waals surface area contributed by atoms with Crippen molar-refractivity contribution in [3.05, 3.63) is 74.1 Å². The molecule has 3 aromatic rings. The summed E-state index contributed by atoms with van der Waals surface area (Å²) in [6.07, 6.45) is 0.771. The van der Waals surface area contributed by atoms with Crippen LogP contribution in [0.3, 0.4) is 0 Å². The molecule has 0 radical (unpaired) electrons. The molecule has 2 aliphatic heterocycles. The van der Waals surface area contributed by atoms with E-state index in [0.29, 0.717) is 6.54 Å². The highest BCUT2D eigenvalue weighted by atomic mass is 35.5.